The molecule has 0 aliphatic rings. The van der Waals surface area contributed by atoms with E-state index in [9.17, 15) is 14.7 Å². The van der Waals surface area contributed by atoms with E-state index >= 15 is 0 Å². The van der Waals surface area contributed by atoms with Crippen LogP contribution in [0.3, 0.4) is 0 Å². The van der Waals surface area contributed by atoms with E-state index in [4.69, 9.17) is 4.42 Å². The summed E-state index contributed by atoms with van der Waals surface area (Å²) in [6.45, 7) is 3.82. The molecule has 0 unspecified atom stereocenters. The first-order valence-electron chi connectivity index (χ1n) is 10.5. The number of hydrogen-bond acceptors (Lipinski definition) is 5. The van der Waals surface area contributed by atoms with E-state index in [0.29, 0.717) is 22.5 Å². The quantitative estimate of drug-likeness (QED) is 0.385. The fourth-order valence-electron chi connectivity index (χ4n) is 4.10. The van der Waals surface area contributed by atoms with Gasteiger partial charge in [-0.15, -0.1) is 0 Å². The molecule has 33 heavy (non-hydrogen) atoms. The van der Waals surface area contributed by atoms with E-state index in [0.717, 1.165) is 22.2 Å². The van der Waals surface area contributed by atoms with Crippen molar-refractivity contribution in [2.24, 2.45) is 0 Å². The summed E-state index contributed by atoms with van der Waals surface area (Å²) in [5.74, 6) is -0.648. The van der Waals surface area contributed by atoms with Crippen molar-refractivity contribution in [3.05, 3.63) is 100.0 Å². The molecule has 0 spiro atoms. The largest absolute Gasteiger partial charge is 0.478 e. The number of carboxylic acid groups (broad SMARTS) is 1. The summed E-state index contributed by atoms with van der Waals surface area (Å²) in [5, 5.41) is 13.3. The number of hydrogen-bond donors (Lipinski definition) is 2. The molecule has 0 saturated heterocycles. The second-order valence-electron chi connectivity index (χ2n) is 8.00. The first-order chi connectivity index (χ1) is 15.9. The molecule has 0 saturated carbocycles. The van der Waals surface area contributed by atoms with Crippen molar-refractivity contribution in [2.75, 3.05) is 5.32 Å². The lowest BCUT2D eigenvalue weighted by Gasteiger charge is -2.19. The molecule has 1 atom stereocenters. The van der Waals surface area contributed by atoms with Crippen LogP contribution in [0.1, 0.15) is 34.5 Å². The number of para-hydroxylation sites is 3. The highest BCUT2D eigenvalue weighted by Gasteiger charge is 2.19. The van der Waals surface area contributed by atoms with E-state index in [1.165, 1.54) is 6.07 Å². The summed E-state index contributed by atoms with van der Waals surface area (Å²) in [4.78, 5) is 29.1. The molecule has 5 rings (SSSR count). The van der Waals surface area contributed by atoms with Crippen molar-refractivity contribution in [1.29, 1.82) is 0 Å². The van der Waals surface area contributed by atoms with Gasteiger partial charge in [-0.1, -0.05) is 30.3 Å². The standard InChI is InChI=1S/C26H21N3O4/c1-15-11-18(16(2)28-20-8-4-3-7-17(20)26(31)32)25-19(12-15)23(30)13-24(33-25)29-14-27-21-9-5-6-10-22(21)29/h3-14,16,28H,1-2H3,(H,31,32)/t16-/m1/s1. The van der Waals surface area contributed by atoms with Gasteiger partial charge >= 0.3 is 5.97 Å². The molecule has 2 heterocycles. The van der Waals surface area contributed by atoms with E-state index in [1.54, 1.807) is 41.2 Å². The van der Waals surface area contributed by atoms with Gasteiger partial charge < -0.3 is 14.8 Å². The average molecular weight is 439 g/mol. The van der Waals surface area contributed by atoms with Crippen molar-refractivity contribution in [1.82, 2.24) is 9.55 Å². The van der Waals surface area contributed by atoms with Crippen LogP contribution in [0.15, 0.2) is 82.3 Å². The zero-order valence-corrected chi connectivity index (χ0v) is 18.1. The molecule has 2 aromatic heterocycles. The molecule has 5 aromatic rings. The Labute approximate surface area is 188 Å². The number of nitrogens with one attached hydrogen (secondary N) is 1. The highest BCUT2D eigenvalue weighted by Crippen LogP contribution is 2.30. The number of carboxylic acids is 1. The lowest BCUT2D eigenvalue weighted by atomic mass is 10.0. The number of imidazole rings is 1. The third kappa shape index (κ3) is 3.63. The summed E-state index contributed by atoms with van der Waals surface area (Å²) in [6, 6.07) is 19.2. The van der Waals surface area contributed by atoms with Crippen molar-refractivity contribution >= 4 is 33.7 Å². The van der Waals surface area contributed by atoms with Crippen LogP contribution in [0.4, 0.5) is 5.69 Å². The van der Waals surface area contributed by atoms with Crippen LogP contribution in [0.25, 0.3) is 27.9 Å². The Kier molecular flexibility index (Phi) is 4.94. The number of rotatable bonds is 5. The smallest absolute Gasteiger partial charge is 0.337 e. The Balaban J connectivity index is 1.66. The third-order valence-corrected chi connectivity index (χ3v) is 5.68. The van der Waals surface area contributed by atoms with Gasteiger partial charge in [0.2, 0.25) is 5.88 Å². The monoisotopic (exact) mass is 439 g/mol. The van der Waals surface area contributed by atoms with Crippen molar-refractivity contribution in [3.63, 3.8) is 0 Å². The van der Waals surface area contributed by atoms with Crippen molar-refractivity contribution in [3.8, 4) is 5.88 Å². The number of anilines is 1. The SMILES string of the molecule is Cc1cc([C@@H](C)Nc2ccccc2C(=O)O)c2oc(-n3cnc4ccccc43)cc(=O)c2c1. The number of aryl methyl sites for hydroxylation is 1. The van der Waals surface area contributed by atoms with Crippen LogP contribution in [0, 0.1) is 6.92 Å². The fraction of sp³-hybridized carbons (Fsp3) is 0.115. The maximum Gasteiger partial charge on any atom is 0.337 e. The second-order valence-corrected chi connectivity index (χ2v) is 8.00. The maximum absolute atomic E-state index is 13.1. The number of fused-ring (bicyclic) bond motifs is 2. The molecule has 0 radical (unpaired) electrons. The van der Waals surface area contributed by atoms with Gasteiger partial charge in [-0.05, 0) is 49.7 Å². The van der Waals surface area contributed by atoms with Gasteiger partial charge in [0.05, 0.1) is 28.0 Å². The Morgan fingerprint density at radius 1 is 1.09 bits per heavy atom. The molecular formula is C26H21N3O4. The molecule has 0 amide bonds. The third-order valence-electron chi connectivity index (χ3n) is 5.68. The maximum atomic E-state index is 13.1. The molecule has 0 fully saturated rings. The summed E-state index contributed by atoms with van der Waals surface area (Å²) in [7, 11) is 0. The molecule has 0 aliphatic carbocycles. The van der Waals surface area contributed by atoms with Crippen LogP contribution >= 0.6 is 0 Å². The molecule has 3 aromatic carbocycles. The van der Waals surface area contributed by atoms with Gasteiger partial charge in [0.25, 0.3) is 0 Å². The van der Waals surface area contributed by atoms with Crippen LogP contribution in [-0.4, -0.2) is 20.6 Å². The fourth-order valence-corrected chi connectivity index (χ4v) is 4.10. The summed E-state index contributed by atoms with van der Waals surface area (Å²) >= 11 is 0. The average Bonchev–Trinajstić information content (AvgIpc) is 3.23. The highest BCUT2D eigenvalue weighted by molar-refractivity contribution is 5.94. The first kappa shape index (κ1) is 20.5. The topological polar surface area (TPSA) is 97.4 Å². The normalized spacial score (nSPS) is 12.2. The number of nitrogens with zero attached hydrogens (tertiary/aromatic N) is 2. The van der Waals surface area contributed by atoms with Crippen LogP contribution < -0.4 is 10.7 Å². The summed E-state index contributed by atoms with van der Waals surface area (Å²) in [5.41, 5.74) is 4.25. The van der Waals surface area contributed by atoms with Crippen LogP contribution in [-0.2, 0) is 0 Å². The predicted octanol–water partition coefficient (Wildman–Crippen LogP) is 5.31. The number of aromatic carboxylic acids is 1. The summed E-state index contributed by atoms with van der Waals surface area (Å²) < 4.78 is 8.03. The van der Waals surface area contributed by atoms with Crippen molar-refractivity contribution in [2.45, 2.75) is 19.9 Å². The number of aromatic nitrogens is 2. The molecule has 2 N–H and O–H groups in total. The Bertz CT molecular complexity index is 1580. The van der Waals surface area contributed by atoms with Gasteiger partial charge in [0, 0.05) is 17.3 Å². The lowest BCUT2D eigenvalue weighted by molar-refractivity contribution is 0.0698. The van der Waals surface area contributed by atoms with E-state index < -0.39 is 5.97 Å². The number of benzene rings is 3. The zero-order chi connectivity index (χ0) is 23.1. The minimum atomic E-state index is -1.01. The minimum absolute atomic E-state index is 0.160. The van der Waals surface area contributed by atoms with E-state index in [-0.39, 0.29) is 17.0 Å². The molecular weight excluding hydrogens is 418 g/mol. The number of carbonyl (C=O) groups is 1. The highest BCUT2D eigenvalue weighted by atomic mass is 16.4. The van der Waals surface area contributed by atoms with E-state index in [2.05, 4.69) is 10.3 Å². The summed E-state index contributed by atoms with van der Waals surface area (Å²) in [6.07, 6.45) is 1.63. The van der Waals surface area contributed by atoms with Gasteiger partial charge in [0.15, 0.2) is 5.43 Å². The van der Waals surface area contributed by atoms with Gasteiger partial charge in [-0.2, -0.15) is 0 Å². The van der Waals surface area contributed by atoms with Gasteiger partial charge in [-0.25, -0.2) is 9.78 Å². The molecule has 7 heteroatoms. The van der Waals surface area contributed by atoms with E-state index in [1.807, 2.05) is 44.2 Å². The molecule has 7 nitrogen and oxygen atoms in total. The minimum Gasteiger partial charge on any atom is -0.478 e. The Morgan fingerprint density at radius 2 is 1.85 bits per heavy atom. The van der Waals surface area contributed by atoms with Crippen molar-refractivity contribution < 1.29 is 14.3 Å². The molecule has 164 valence electrons. The first-order valence-corrected chi connectivity index (χ1v) is 10.5. The van der Waals surface area contributed by atoms with Gasteiger partial charge in [-0.3, -0.25) is 9.36 Å². The predicted molar refractivity (Wildman–Crippen MR) is 127 cm³/mol. The zero-order valence-electron chi connectivity index (χ0n) is 18.1. The Morgan fingerprint density at radius 3 is 2.67 bits per heavy atom. The molecule has 0 aliphatic heterocycles. The van der Waals surface area contributed by atoms with Gasteiger partial charge in [0.1, 0.15) is 11.9 Å². The lowest BCUT2D eigenvalue weighted by Crippen LogP contribution is -2.13. The van der Waals surface area contributed by atoms with Crippen LogP contribution in [0.2, 0.25) is 0 Å². The van der Waals surface area contributed by atoms with Crippen LogP contribution in [0.5, 0.6) is 0 Å². The Hall–Kier alpha value is -4.39. The second kappa shape index (κ2) is 7.94. The molecule has 0 bridgehead atoms.